The van der Waals surface area contributed by atoms with Gasteiger partial charge in [-0.1, -0.05) is 29.8 Å². The van der Waals surface area contributed by atoms with Crippen LogP contribution >= 0.6 is 11.6 Å². The van der Waals surface area contributed by atoms with Crippen LogP contribution in [0.2, 0.25) is 5.02 Å². The molecule has 23 heavy (non-hydrogen) atoms. The van der Waals surface area contributed by atoms with Crippen LogP contribution in [0.1, 0.15) is 28.9 Å². The van der Waals surface area contributed by atoms with Crippen molar-refractivity contribution in [1.82, 2.24) is 10.3 Å². The van der Waals surface area contributed by atoms with E-state index in [4.69, 9.17) is 16.3 Å². The minimum absolute atomic E-state index is 0.121. The zero-order valence-corrected chi connectivity index (χ0v) is 13.2. The number of aliphatic hydroxyl groups excluding tert-OH is 1. The maximum absolute atomic E-state index is 13.5. The third-order valence-corrected chi connectivity index (χ3v) is 3.34. The van der Waals surface area contributed by atoms with Crippen molar-refractivity contribution in [3.8, 4) is 5.88 Å². The summed E-state index contributed by atoms with van der Waals surface area (Å²) in [6, 6.07) is 7.26. The van der Waals surface area contributed by atoms with E-state index in [0.29, 0.717) is 6.61 Å². The molecule has 1 heterocycles. The van der Waals surface area contributed by atoms with Crippen LogP contribution in [0.3, 0.4) is 0 Å². The number of hydrogen-bond acceptors (Lipinski definition) is 4. The van der Waals surface area contributed by atoms with E-state index in [0.717, 1.165) is 0 Å². The molecule has 0 bridgehead atoms. The van der Waals surface area contributed by atoms with Gasteiger partial charge in [-0.05, 0) is 19.1 Å². The molecule has 2 N–H and O–H groups in total. The Bertz CT molecular complexity index is 697. The molecule has 1 aromatic heterocycles. The Kier molecular flexibility index (Phi) is 5.90. The van der Waals surface area contributed by atoms with Crippen molar-refractivity contribution in [3.05, 3.63) is 58.5 Å². The van der Waals surface area contributed by atoms with Crippen LogP contribution in [-0.4, -0.2) is 29.1 Å². The Hall–Kier alpha value is -2.18. The molecular formula is C16H16ClFN2O3. The fraction of sp³-hybridized carbons (Fsp3) is 0.250. The molecule has 0 radical (unpaired) electrons. The Morgan fingerprint density at radius 3 is 2.87 bits per heavy atom. The summed E-state index contributed by atoms with van der Waals surface area (Å²) in [5.41, 5.74) is 0.342. The molecule has 0 spiro atoms. The van der Waals surface area contributed by atoms with E-state index >= 15 is 0 Å². The summed E-state index contributed by atoms with van der Waals surface area (Å²) in [6.45, 7) is 2.07. The second-order valence-electron chi connectivity index (χ2n) is 4.69. The third-order valence-electron chi connectivity index (χ3n) is 3.07. The average Bonchev–Trinajstić information content (AvgIpc) is 2.54. The highest BCUT2D eigenvalue weighted by molar-refractivity contribution is 6.32. The molecule has 0 aliphatic carbocycles. The molecule has 1 atom stereocenters. The lowest BCUT2D eigenvalue weighted by Crippen LogP contribution is -2.28. The van der Waals surface area contributed by atoms with Gasteiger partial charge in [-0.15, -0.1) is 0 Å². The Labute approximate surface area is 138 Å². The van der Waals surface area contributed by atoms with Gasteiger partial charge in [-0.25, -0.2) is 9.37 Å². The number of aliphatic hydroxyl groups is 1. The van der Waals surface area contributed by atoms with Crippen molar-refractivity contribution in [3.63, 3.8) is 0 Å². The molecule has 0 aliphatic rings. The SMILES string of the molecule is CCOc1ncc(C(=O)NCC(O)c2ccccc2F)cc1Cl. The highest BCUT2D eigenvalue weighted by atomic mass is 35.5. The fourth-order valence-corrected chi connectivity index (χ4v) is 2.16. The zero-order valence-electron chi connectivity index (χ0n) is 12.4. The number of nitrogens with zero attached hydrogens (tertiary/aromatic N) is 1. The molecule has 5 nitrogen and oxygen atoms in total. The number of halogens is 2. The van der Waals surface area contributed by atoms with E-state index in [1.54, 1.807) is 13.0 Å². The molecule has 7 heteroatoms. The number of hydrogen-bond donors (Lipinski definition) is 2. The van der Waals surface area contributed by atoms with Gasteiger partial charge in [0.25, 0.3) is 5.91 Å². The van der Waals surface area contributed by atoms with Crippen molar-refractivity contribution in [2.45, 2.75) is 13.0 Å². The van der Waals surface area contributed by atoms with Gasteiger partial charge in [0.1, 0.15) is 10.8 Å². The standard InChI is InChI=1S/C16H16ClFN2O3/c1-2-23-16-12(17)7-10(8-20-16)15(22)19-9-14(21)11-5-3-4-6-13(11)18/h3-8,14,21H,2,9H2,1H3,(H,19,22). The van der Waals surface area contributed by atoms with Crippen molar-refractivity contribution in [2.24, 2.45) is 0 Å². The second kappa shape index (κ2) is 7.89. The van der Waals surface area contributed by atoms with Gasteiger partial charge in [0.2, 0.25) is 5.88 Å². The molecular weight excluding hydrogens is 323 g/mol. The second-order valence-corrected chi connectivity index (χ2v) is 5.10. The van der Waals surface area contributed by atoms with Gasteiger partial charge in [0.15, 0.2) is 0 Å². The summed E-state index contributed by atoms with van der Waals surface area (Å²) < 4.78 is 18.7. The molecule has 0 aliphatic heterocycles. The summed E-state index contributed by atoms with van der Waals surface area (Å²) in [6.07, 6.45) is 0.174. The van der Waals surface area contributed by atoms with Crippen molar-refractivity contribution < 1.29 is 19.0 Å². The first kappa shape index (κ1) is 17.2. The van der Waals surface area contributed by atoms with Crippen LogP contribution in [0.5, 0.6) is 5.88 Å². The molecule has 1 amide bonds. The van der Waals surface area contributed by atoms with E-state index < -0.39 is 17.8 Å². The largest absolute Gasteiger partial charge is 0.477 e. The first-order valence-electron chi connectivity index (χ1n) is 7.02. The number of benzene rings is 1. The third kappa shape index (κ3) is 4.40. The van der Waals surface area contributed by atoms with E-state index in [-0.39, 0.29) is 28.6 Å². The maximum Gasteiger partial charge on any atom is 0.253 e. The van der Waals surface area contributed by atoms with Gasteiger partial charge in [-0.3, -0.25) is 4.79 Å². The average molecular weight is 339 g/mol. The van der Waals surface area contributed by atoms with Crippen LogP contribution in [0.4, 0.5) is 4.39 Å². The minimum Gasteiger partial charge on any atom is -0.477 e. The predicted octanol–water partition coefficient (Wildman–Crippen LogP) is 2.74. The molecule has 122 valence electrons. The van der Waals surface area contributed by atoms with Gasteiger partial charge < -0.3 is 15.2 Å². The zero-order chi connectivity index (χ0) is 16.8. The molecule has 1 unspecified atom stereocenters. The summed E-state index contributed by atoms with van der Waals surface area (Å²) in [5, 5.41) is 12.7. The van der Waals surface area contributed by atoms with Gasteiger partial charge in [-0.2, -0.15) is 0 Å². The number of amides is 1. The lowest BCUT2D eigenvalue weighted by Gasteiger charge is -2.13. The van der Waals surface area contributed by atoms with Gasteiger partial charge in [0, 0.05) is 18.3 Å². The minimum atomic E-state index is -1.15. The molecule has 2 rings (SSSR count). The lowest BCUT2D eigenvalue weighted by molar-refractivity contribution is 0.0913. The number of carbonyl (C=O) groups excluding carboxylic acids is 1. The van der Waals surface area contributed by atoms with Crippen molar-refractivity contribution in [1.29, 1.82) is 0 Å². The number of pyridine rings is 1. The molecule has 1 aromatic carbocycles. The highest BCUT2D eigenvalue weighted by Crippen LogP contribution is 2.22. The number of carbonyl (C=O) groups is 1. The summed E-state index contributed by atoms with van der Waals surface area (Å²) >= 11 is 5.97. The van der Waals surface area contributed by atoms with Crippen LogP contribution in [-0.2, 0) is 0 Å². The number of rotatable bonds is 6. The number of nitrogens with one attached hydrogen (secondary N) is 1. The van der Waals surface area contributed by atoms with Crippen molar-refractivity contribution in [2.75, 3.05) is 13.2 Å². The van der Waals surface area contributed by atoms with Gasteiger partial charge >= 0.3 is 0 Å². The first-order valence-corrected chi connectivity index (χ1v) is 7.39. The Balaban J connectivity index is 1.99. The van der Waals surface area contributed by atoms with Crippen LogP contribution in [0, 0.1) is 5.82 Å². The van der Waals surface area contributed by atoms with Crippen LogP contribution in [0.25, 0.3) is 0 Å². The van der Waals surface area contributed by atoms with Crippen LogP contribution < -0.4 is 10.1 Å². The normalized spacial score (nSPS) is 11.8. The topological polar surface area (TPSA) is 71.5 Å². The summed E-state index contributed by atoms with van der Waals surface area (Å²) in [5.74, 6) is -0.755. The summed E-state index contributed by atoms with van der Waals surface area (Å²) in [4.78, 5) is 16.0. The lowest BCUT2D eigenvalue weighted by atomic mass is 10.1. The predicted molar refractivity (Wildman–Crippen MR) is 84.1 cm³/mol. The molecule has 0 saturated carbocycles. The molecule has 0 fully saturated rings. The Morgan fingerprint density at radius 1 is 1.48 bits per heavy atom. The summed E-state index contributed by atoms with van der Waals surface area (Å²) in [7, 11) is 0. The van der Waals surface area contributed by atoms with Crippen LogP contribution in [0.15, 0.2) is 36.5 Å². The van der Waals surface area contributed by atoms with Crippen molar-refractivity contribution >= 4 is 17.5 Å². The maximum atomic E-state index is 13.5. The fourth-order valence-electron chi connectivity index (χ4n) is 1.94. The molecule has 0 saturated heterocycles. The quantitative estimate of drug-likeness (QED) is 0.849. The van der Waals surface area contributed by atoms with E-state index in [1.807, 2.05) is 0 Å². The monoisotopic (exact) mass is 338 g/mol. The number of ether oxygens (including phenoxy) is 1. The molecule has 2 aromatic rings. The smallest absolute Gasteiger partial charge is 0.253 e. The highest BCUT2D eigenvalue weighted by Gasteiger charge is 2.15. The van der Waals surface area contributed by atoms with E-state index in [2.05, 4.69) is 10.3 Å². The van der Waals surface area contributed by atoms with E-state index in [9.17, 15) is 14.3 Å². The first-order chi connectivity index (χ1) is 11.0. The Morgan fingerprint density at radius 2 is 2.22 bits per heavy atom. The van der Waals surface area contributed by atoms with E-state index in [1.165, 1.54) is 30.5 Å². The van der Waals surface area contributed by atoms with Gasteiger partial charge in [0.05, 0.1) is 18.3 Å². The number of aromatic nitrogens is 1.